The molecule has 2 aromatic carbocycles. The SMILES string of the molecule is COC(=O)c1cccc(N)c1Nc1ccc(Cl)cc1I. The smallest absolute Gasteiger partial charge is 0.340 e. The summed E-state index contributed by atoms with van der Waals surface area (Å²) in [5, 5.41) is 3.81. The highest BCUT2D eigenvalue weighted by Gasteiger charge is 2.15. The zero-order valence-electron chi connectivity index (χ0n) is 10.6. The third kappa shape index (κ3) is 3.16. The van der Waals surface area contributed by atoms with Crippen LogP contribution in [-0.4, -0.2) is 13.1 Å². The first-order valence-electron chi connectivity index (χ1n) is 5.72. The standard InChI is InChI=1S/C14H12ClIN2O2/c1-20-14(19)9-3-2-4-11(17)13(9)18-12-6-5-8(15)7-10(12)16/h2-7,18H,17H2,1H3. The summed E-state index contributed by atoms with van der Waals surface area (Å²) < 4.78 is 5.69. The van der Waals surface area contributed by atoms with E-state index < -0.39 is 5.97 Å². The van der Waals surface area contributed by atoms with E-state index >= 15 is 0 Å². The van der Waals surface area contributed by atoms with E-state index in [2.05, 4.69) is 27.9 Å². The summed E-state index contributed by atoms with van der Waals surface area (Å²) in [7, 11) is 1.33. The Hall–Kier alpha value is -1.47. The Bertz CT molecular complexity index is 662. The maximum atomic E-state index is 11.8. The van der Waals surface area contributed by atoms with Gasteiger partial charge in [0.1, 0.15) is 0 Å². The van der Waals surface area contributed by atoms with Crippen LogP contribution in [0.3, 0.4) is 0 Å². The number of methoxy groups -OCH3 is 1. The van der Waals surface area contributed by atoms with Gasteiger partial charge in [0.05, 0.1) is 29.7 Å². The van der Waals surface area contributed by atoms with Gasteiger partial charge in [0.15, 0.2) is 0 Å². The summed E-state index contributed by atoms with van der Waals surface area (Å²) in [6.45, 7) is 0. The monoisotopic (exact) mass is 402 g/mol. The van der Waals surface area contributed by atoms with Crippen LogP contribution in [0.15, 0.2) is 36.4 Å². The second kappa shape index (κ2) is 6.32. The lowest BCUT2D eigenvalue weighted by Gasteiger charge is -2.14. The number of nitrogens with two attached hydrogens (primary N) is 1. The Morgan fingerprint density at radius 2 is 2.10 bits per heavy atom. The quantitative estimate of drug-likeness (QED) is 0.462. The lowest BCUT2D eigenvalue weighted by Crippen LogP contribution is -2.08. The largest absolute Gasteiger partial charge is 0.465 e. The fraction of sp³-hybridized carbons (Fsp3) is 0.0714. The van der Waals surface area contributed by atoms with E-state index in [9.17, 15) is 4.79 Å². The van der Waals surface area contributed by atoms with Crippen molar-refractivity contribution < 1.29 is 9.53 Å². The summed E-state index contributed by atoms with van der Waals surface area (Å²) in [6, 6.07) is 10.5. The zero-order valence-corrected chi connectivity index (χ0v) is 13.5. The second-order valence-corrected chi connectivity index (χ2v) is 5.61. The van der Waals surface area contributed by atoms with Crippen LogP contribution in [0.5, 0.6) is 0 Å². The number of halogens is 2. The maximum Gasteiger partial charge on any atom is 0.340 e. The molecular weight excluding hydrogens is 391 g/mol. The molecule has 0 aliphatic rings. The Kier molecular flexibility index (Phi) is 4.72. The summed E-state index contributed by atoms with van der Waals surface area (Å²) >= 11 is 8.08. The van der Waals surface area contributed by atoms with Crippen molar-refractivity contribution in [3.05, 3.63) is 50.6 Å². The molecule has 2 aromatic rings. The number of hydrogen-bond acceptors (Lipinski definition) is 4. The van der Waals surface area contributed by atoms with Crippen LogP contribution in [0.25, 0.3) is 0 Å². The molecule has 0 atom stereocenters. The molecule has 0 bridgehead atoms. The Morgan fingerprint density at radius 3 is 2.75 bits per heavy atom. The third-order valence-electron chi connectivity index (χ3n) is 2.69. The van der Waals surface area contributed by atoms with Gasteiger partial charge in [-0.3, -0.25) is 0 Å². The van der Waals surface area contributed by atoms with Crippen LogP contribution in [-0.2, 0) is 4.74 Å². The van der Waals surface area contributed by atoms with Gasteiger partial charge >= 0.3 is 5.97 Å². The summed E-state index contributed by atoms with van der Waals surface area (Å²) in [6.07, 6.45) is 0. The average Bonchev–Trinajstić information content (AvgIpc) is 2.42. The molecule has 0 saturated heterocycles. The number of esters is 1. The molecule has 0 fully saturated rings. The van der Waals surface area contributed by atoms with Gasteiger partial charge in [-0.15, -0.1) is 0 Å². The van der Waals surface area contributed by atoms with Crippen molar-refractivity contribution in [1.82, 2.24) is 0 Å². The molecule has 2 rings (SSSR count). The van der Waals surface area contributed by atoms with Crippen molar-refractivity contribution in [3.63, 3.8) is 0 Å². The van der Waals surface area contributed by atoms with Crippen LogP contribution in [0.2, 0.25) is 5.02 Å². The average molecular weight is 403 g/mol. The molecule has 0 radical (unpaired) electrons. The van der Waals surface area contributed by atoms with Crippen molar-refractivity contribution in [2.75, 3.05) is 18.2 Å². The number of anilines is 3. The zero-order chi connectivity index (χ0) is 14.7. The highest BCUT2D eigenvalue weighted by atomic mass is 127. The first-order valence-corrected chi connectivity index (χ1v) is 7.17. The number of hydrogen-bond donors (Lipinski definition) is 2. The predicted molar refractivity (Wildman–Crippen MR) is 89.6 cm³/mol. The van der Waals surface area contributed by atoms with Crippen molar-refractivity contribution >= 4 is 57.2 Å². The van der Waals surface area contributed by atoms with Crippen LogP contribution in [0, 0.1) is 3.57 Å². The molecule has 0 aromatic heterocycles. The molecule has 3 N–H and O–H groups in total. The Labute approximate surface area is 135 Å². The molecule has 0 saturated carbocycles. The Balaban J connectivity index is 2.45. The van der Waals surface area contributed by atoms with Crippen molar-refractivity contribution in [3.8, 4) is 0 Å². The van der Waals surface area contributed by atoms with Crippen LogP contribution in [0.4, 0.5) is 17.1 Å². The lowest BCUT2D eigenvalue weighted by molar-refractivity contribution is 0.0602. The predicted octanol–water partition coefficient (Wildman–Crippen LogP) is 4.06. The summed E-state index contributed by atoms with van der Waals surface area (Å²) in [5.74, 6) is -0.441. The van der Waals surface area contributed by atoms with E-state index in [0.29, 0.717) is 22.0 Å². The van der Waals surface area contributed by atoms with Crippen LogP contribution >= 0.6 is 34.2 Å². The maximum absolute atomic E-state index is 11.8. The number of para-hydroxylation sites is 1. The van der Waals surface area contributed by atoms with Gasteiger partial charge in [-0.25, -0.2) is 4.79 Å². The van der Waals surface area contributed by atoms with Gasteiger partial charge in [0.2, 0.25) is 0 Å². The molecule has 6 heteroatoms. The number of nitrogens with one attached hydrogen (secondary N) is 1. The number of nitrogen functional groups attached to an aromatic ring is 1. The molecule has 0 spiro atoms. The van der Waals surface area contributed by atoms with E-state index in [1.807, 2.05) is 12.1 Å². The Morgan fingerprint density at radius 1 is 1.35 bits per heavy atom. The van der Waals surface area contributed by atoms with Gasteiger partial charge in [0.25, 0.3) is 0 Å². The molecule has 104 valence electrons. The molecule has 0 aliphatic carbocycles. The van der Waals surface area contributed by atoms with Crippen molar-refractivity contribution in [2.45, 2.75) is 0 Å². The number of carbonyl (C=O) groups is 1. The van der Waals surface area contributed by atoms with Crippen molar-refractivity contribution in [1.29, 1.82) is 0 Å². The van der Waals surface area contributed by atoms with Gasteiger partial charge in [-0.2, -0.15) is 0 Å². The van der Waals surface area contributed by atoms with E-state index in [0.717, 1.165) is 9.26 Å². The number of carbonyl (C=O) groups excluding carboxylic acids is 1. The van der Waals surface area contributed by atoms with E-state index in [4.69, 9.17) is 22.1 Å². The normalized spacial score (nSPS) is 10.2. The molecule has 0 heterocycles. The molecule has 0 amide bonds. The van der Waals surface area contributed by atoms with Gasteiger partial charge in [0, 0.05) is 8.59 Å². The highest BCUT2D eigenvalue weighted by molar-refractivity contribution is 14.1. The fourth-order valence-corrected chi connectivity index (χ4v) is 2.72. The third-order valence-corrected chi connectivity index (χ3v) is 3.82. The van der Waals surface area contributed by atoms with Gasteiger partial charge in [-0.1, -0.05) is 17.7 Å². The minimum atomic E-state index is -0.441. The first-order chi connectivity index (χ1) is 9.52. The second-order valence-electron chi connectivity index (χ2n) is 4.01. The first kappa shape index (κ1) is 14.9. The van der Waals surface area contributed by atoms with Gasteiger partial charge < -0.3 is 15.8 Å². The summed E-state index contributed by atoms with van der Waals surface area (Å²) in [5.41, 5.74) is 8.15. The molecule has 0 unspecified atom stereocenters. The number of rotatable bonds is 3. The van der Waals surface area contributed by atoms with Gasteiger partial charge in [-0.05, 0) is 52.9 Å². The van der Waals surface area contributed by atoms with E-state index in [1.54, 1.807) is 24.3 Å². The minimum Gasteiger partial charge on any atom is -0.465 e. The molecule has 0 aliphatic heterocycles. The summed E-state index contributed by atoms with van der Waals surface area (Å²) in [4.78, 5) is 11.8. The van der Waals surface area contributed by atoms with Crippen molar-refractivity contribution in [2.24, 2.45) is 0 Å². The highest BCUT2D eigenvalue weighted by Crippen LogP contribution is 2.31. The minimum absolute atomic E-state index is 0.387. The molecule has 4 nitrogen and oxygen atoms in total. The van der Waals surface area contributed by atoms with Crippen LogP contribution in [0.1, 0.15) is 10.4 Å². The lowest BCUT2D eigenvalue weighted by atomic mass is 10.1. The molecular formula is C14H12ClIN2O2. The topological polar surface area (TPSA) is 64.3 Å². The molecule has 20 heavy (non-hydrogen) atoms. The van der Waals surface area contributed by atoms with E-state index in [1.165, 1.54) is 7.11 Å². The number of benzene rings is 2. The van der Waals surface area contributed by atoms with Crippen LogP contribution < -0.4 is 11.1 Å². The fourth-order valence-electron chi connectivity index (χ4n) is 1.72. The number of ether oxygens (including phenoxy) is 1. The van der Waals surface area contributed by atoms with E-state index in [-0.39, 0.29) is 0 Å².